The normalized spacial score (nSPS) is 12.8. The molecule has 1 unspecified atom stereocenters. The van der Waals surface area contributed by atoms with E-state index in [9.17, 15) is 4.39 Å². The summed E-state index contributed by atoms with van der Waals surface area (Å²) in [6, 6.07) is 4.11. The number of hydrogen-bond acceptors (Lipinski definition) is 3. The Hall–Kier alpha value is -1.46. The predicted octanol–water partition coefficient (Wildman–Crippen LogP) is 1.66. The van der Waals surface area contributed by atoms with E-state index >= 15 is 0 Å². The number of nitrogens with zero attached hydrogens (tertiary/aromatic N) is 3. The van der Waals surface area contributed by atoms with Crippen LogP contribution in [0.2, 0.25) is 5.02 Å². The lowest BCUT2D eigenvalue weighted by atomic mass is 10.0. The first-order valence-corrected chi connectivity index (χ1v) is 5.03. The lowest BCUT2D eigenvalue weighted by molar-refractivity contribution is 0.584. The third-order valence-electron chi connectivity index (χ3n) is 2.38. The first kappa shape index (κ1) is 11.0. The van der Waals surface area contributed by atoms with Gasteiger partial charge in [-0.25, -0.2) is 4.39 Å². The molecule has 16 heavy (non-hydrogen) atoms. The summed E-state index contributed by atoms with van der Waals surface area (Å²) in [4.78, 5) is 0. The summed E-state index contributed by atoms with van der Waals surface area (Å²) in [6.07, 6.45) is 1.50. The topological polar surface area (TPSA) is 56.7 Å². The molecule has 0 saturated carbocycles. The van der Waals surface area contributed by atoms with E-state index in [4.69, 9.17) is 17.3 Å². The molecule has 1 aromatic heterocycles. The van der Waals surface area contributed by atoms with Crippen LogP contribution in [0, 0.1) is 5.82 Å². The van der Waals surface area contributed by atoms with Crippen LogP contribution in [0.4, 0.5) is 4.39 Å². The van der Waals surface area contributed by atoms with E-state index in [0.717, 1.165) is 0 Å². The molecule has 0 aliphatic carbocycles. The molecule has 0 bridgehead atoms. The highest BCUT2D eigenvalue weighted by Gasteiger charge is 2.18. The van der Waals surface area contributed by atoms with Crippen LogP contribution in [0.5, 0.6) is 0 Å². The van der Waals surface area contributed by atoms with Crippen molar-refractivity contribution < 1.29 is 4.39 Å². The number of hydrogen-bond donors (Lipinski definition) is 1. The molecule has 2 N–H and O–H groups in total. The number of aromatic nitrogens is 3. The SMILES string of the molecule is Cn1nncc1C(N)c1cccc(Cl)c1F. The van der Waals surface area contributed by atoms with Crippen LogP contribution in [0.15, 0.2) is 24.4 Å². The Balaban J connectivity index is 2.46. The molecule has 0 aliphatic heterocycles. The van der Waals surface area contributed by atoms with Crippen molar-refractivity contribution in [2.75, 3.05) is 0 Å². The van der Waals surface area contributed by atoms with Gasteiger partial charge >= 0.3 is 0 Å². The lowest BCUT2D eigenvalue weighted by Gasteiger charge is -2.12. The largest absolute Gasteiger partial charge is 0.319 e. The van der Waals surface area contributed by atoms with Gasteiger partial charge in [0.2, 0.25) is 0 Å². The molecule has 0 saturated heterocycles. The maximum absolute atomic E-state index is 13.7. The smallest absolute Gasteiger partial charge is 0.146 e. The molecular weight excluding hydrogens is 231 g/mol. The molecule has 84 valence electrons. The van der Waals surface area contributed by atoms with Crippen LogP contribution in [-0.4, -0.2) is 15.0 Å². The molecule has 1 atom stereocenters. The first-order valence-electron chi connectivity index (χ1n) is 4.65. The summed E-state index contributed by atoms with van der Waals surface area (Å²) in [5.41, 5.74) is 6.89. The Labute approximate surface area is 96.8 Å². The number of nitrogens with two attached hydrogens (primary N) is 1. The lowest BCUT2D eigenvalue weighted by Crippen LogP contribution is -2.17. The van der Waals surface area contributed by atoms with Gasteiger partial charge in [-0.15, -0.1) is 5.10 Å². The van der Waals surface area contributed by atoms with Crippen molar-refractivity contribution in [3.8, 4) is 0 Å². The van der Waals surface area contributed by atoms with Gasteiger partial charge in [-0.3, -0.25) is 4.68 Å². The second-order valence-electron chi connectivity index (χ2n) is 3.40. The minimum atomic E-state index is -0.626. The summed E-state index contributed by atoms with van der Waals surface area (Å²) in [7, 11) is 1.70. The van der Waals surface area contributed by atoms with Gasteiger partial charge in [-0.05, 0) is 6.07 Å². The highest BCUT2D eigenvalue weighted by Crippen LogP contribution is 2.25. The van der Waals surface area contributed by atoms with Crippen molar-refractivity contribution in [2.45, 2.75) is 6.04 Å². The Morgan fingerprint density at radius 3 is 2.88 bits per heavy atom. The molecule has 0 spiro atoms. The second kappa shape index (κ2) is 4.19. The Morgan fingerprint density at radius 2 is 2.25 bits per heavy atom. The molecule has 0 fully saturated rings. The predicted molar refractivity (Wildman–Crippen MR) is 58.4 cm³/mol. The van der Waals surface area contributed by atoms with Crippen LogP contribution >= 0.6 is 11.6 Å². The number of rotatable bonds is 2. The standard InChI is InChI=1S/C10H10ClFN4/c1-16-8(5-14-15-16)10(13)6-3-2-4-7(11)9(6)12/h2-5,10H,13H2,1H3. The van der Waals surface area contributed by atoms with Gasteiger partial charge in [0.05, 0.1) is 23.0 Å². The third-order valence-corrected chi connectivity index (χ3v) is 2.68. The van der Waals surface area contributed by atoms with Crippen LogP contribution in [0.3, 0.4) is 0 Å². The highest BCUT2D eigenvalue weighted by molar-refractivity contribution is 6.30. The molecule has 0 aliphatic rings. The van der Waals surface area contributed by atoms with E-state index in [-0.39, 0.29) is 5.02 Å². The van der Waals surface area contributed by atoms with Crippen LogP contribution in [0.1, 0.15) is 17.3 Å². The van der Waals surface area contributed by atoms with Gasteiger partial charge in [0, 0.05) is 12.6 Å². The molecule has 6 heteroatoms. The summed E-state index contributed by atoms with van der Waals surface area (Å²) < 4.78 is 15.2. The molecular formula is C10H10ClFN4. The zero-order valence-electron chi connectivity index (χ0n) is 8.56. The number of halogens is 2. The second-order valence-corrected chi connectivity index (χ2v) is 3.81. The monoisotopic (exact) mass is 240 g/mol. The molecule has 1 heterocycles. The van der Waals surface area contributed by atoms with Crippen LogP contribution < -0.4 is 5.73 Å². The highest BCUT2D eigenvalue weighted by atomic mass is 35.5. The number of aryl methyl sites for hydroxylation is 1. The third kappa shape index (κ3) is 1.79. The molecule has 0 radical (unpaired) electrons. The quantitative estimate of drug-likeness (QED) is 0.869. The fourth-order valence-electron chi connectivity index (χ4n) is 1.50. The molecule has 1 aromatic carbocycles. The minimum absolute atomic E-state index is 0.0584. The van der Waals surface area contributed by atoms with E-state index in [2.05, 4.69) is 10.3 Å². The molecule has 2 rings (SSSR count). The van der Waals surface area contributed by atoms with Gasteiger partial charge in [0.1, 0.15) is 5.82 Å². The average Bonchev–Trinajstić information content (AvgIpc) is 2.68. The molecule has 2 aromatic rings. The minimum Gasteiger partial charge on any atom is -0.319 e. The maximum Gasteiger partial charge on any atom is 0.146 e. The summed E-state index contributed by atoms with van der Waals surface area (Å²) in [5.74, 6) is -0.502. The fourth-order valence-corrected chi connectivity index (χ4v) is 1.68. The van der Waals surface area contributed by atoms with Gasteiger partial charge in [0.25, 0.3) is 0 Å². The zero-order valence-corrected chi connectivity index (χ0v) is 9.32. The van der Waals surface area contributed by atoms with Crippen LogP contribution in [-0.2, 0) is 7.05 Å². The van der Waals surface area contributed by atoms with Crippen molar-refractivity contribution in [3.05, 3.63) is 46.5 Å². The van der Waals surface area contributed by atoms with Gasteiger partial charge < -0.3 is 5.73 Å². The van der Waals surface area contributed by atoms with Gasteiger partial charge in [0.15, 0.2) is 0 Å². The average molecular weight is 241 g/mol. The first-order chi connectivity index (χ1) is 7.61. The summed E-state index contributed by atoms with van der Waals surface area (Å²) in [5, 5.41) is 7.50. The van der Waals surface area contributed by atoms with Crippen molar-refractivity contribution in [1.29, 1.82) is 0 Å². The van der Waals surface area contributed by atoms with Gasteiger partial charge in [-0.2, -0.15) is 0 Å². The zero-order chi connectivity index (χ0) is 11.7. The van der Waals surface area contributed by atoms with E-state index in [1.807, 2.05) is 0 Å². The summed E-state index contributed by atoms with van der Waals surface area (Å²) in [6.45, 7) is 0. The molecule has 0 amide bonds. The van der Waals surface area contributed by atoms with Gasteiger partial charge in [-0.1, -0.05) is 28.9 Å². The van der Waals surface area contributed by atoms with E-state index < -0.39 is 11.9 Å². The Kier molecular flexibility index (Phi) is 2.89. The van der Waals surface area contributed by atoms with Crippen molar-refractivity contribution in [2.24, 2.45) is 12.8 Å². The van der Waals surface area contributed by atoms with Crippen molar-refractivity contribution in [3.63, 3.8) is 0 Å². The van der Waals surface area contributed by atoms with E-state index in [0.29, 0.717) is 11.3 Å². The Bertz CT molecular complexity index is 511. The summed E-state index contributed by atoms with van der Waals surface area (Å²) >= 11 is 5.69. The van der Waals surface area contributed by atoms with E-state index in [1.165, 1.54) is 16.9 Å². The van der Waals surface area contributed by atoms with Crippen molar-refractivity contribution >= 4 is 11.6 Å². The fraction of sp³-hybridized carbons (Fsp3) is 0.200. The number of benzene rings is 1. The van der Waals surface area contributed by atoms with Crippen LogP contribution in [0.25, 0.3) is 0 Å². The maximum atomic E-state index is 13.7. The molecule has 4 nitrogen and oxygen atoms in total. The van der Waals surface area contributed by atoms with E-state index in [1.54, 1.807) is 19.2 Å². The Morgan fingerprint density at radius 1 is 1.50 bits per heavy atom. The van der Waals surface area contributed by atoms with Crippen molar-refractivity contribution in [1.82, 2.24) is 15.0 Å².